The summed E-state index contributed by atoms with van der Waals surface area (Å²) in [5, 5.41) is 10.8. The Hall–Kier alpha value is -2.74. The van der Waals surface area contributed by atoms with E-state index in [0.717, 1.165) is 0 Å². The maximum atomic E-state index is 11.6. The second kappa shape index (κ2) is 6.14. The smallest absolute Gasteiger partial charge is 0.376 e. The molecule has 8 nitrogen and oxygen atoms in total. The summed E-state index contributed by atoms with van der Waals surface area (Å²) in [5.41, 5.74) is 0.557. The van der Waals surface area contributed by atoms with Crippen molar-refractivity contribution in [2.24, 2.45) is 0 Å². The summed E-state index contributed by atoms with van der Waals surface area (Å²) in [5.74, 6) is -0.682. The van der Waals surface area contributed by atoms with Gasteiger partial charge in [-0.15, -0.1) is 0 Å². The lowest BCUT2D eigenvalue weighted by molar-refractivity contribution is -0.384. The number of benzene rings is 1. The average molecular weight is 292 g/mol. The molecule has 21 heavy (non-hydrogen) atoms. The van der Waals surface area contributed by atoms with Crippen LogP contribution in [0.4, 0.5) is 5.69 Å². The number of methoxy groups -OCH3 is 2. The quantitative estimate of drug-likeness (QED) is 0.472. The van der Waals surface area contributed by atoms with Crippen molar-refractivity contribution in [2.75, 3.05) is 14.2 Å². The van der Waals surface area contributed by atoms with Crippen molar-refractivity contribution in [2.45, 2.75) is 6.61 Å². The molecule has 0 aliphatic carbocycles. The van der Waals surface area contributed by atoms with Crippen molar-refractivity contribution in [1.29, 1.82) is 0 Å². The van der Waals surface area contributed by atoms with Crippen LogP contribution in [0.15, 0.2) is 28.7 Å². The Bertz CT molecular complexity index is 679. The van der Waals surface area contributed by atoms with Crippen molar-refractivity contribution in [3.8, 4) is 11.5 Å². The molecule has 0 saturated carbocycles. The lowest BCUT2D eigenvalue weighted by Gasteiger charge is -1.97. The first-order valence-corrected chi connectivity index (χ1v) is 5.88. The zero-order valence-corrected chi connectivity index (χ0v) is 11.4. The fraction of sp³-hybridized carbons (Fsp3) is 0.231. The van der Waals surface area contributed by atoms with Gasteiger partial charge in [0, 0.05) is 24.8 Å². The molecule has 0 unspecified atom stereocenters. The normalized spacial score (nSPS) is 10.4. The van der Waals surface area contributed by atoms with Crippen LogP contribution in [0.5, 0.6) is 0 Å². The Kier molecular flexibility index (Phi) is 4.29. The lowest BCUT2D eigenvalue weighted by atomic mass is 10.2. The van der Waals surface area contributed by atoms with E-state index in [2.05, 4.69) is 9.72 Å². The molecule has 1 aromatic carbocycles. The Labute approximate surface area is 119 Å². The molecule has 8 heteroatoms. The topological polar surface area (TPSA) is 105 Å². The van der Waals surface area contributed by atoms with Crippen molar-refractivity contribution >= 4 is 11.7 Å². The Morgan fingerprint density at radius 3 is 2.81 bits per heavy atom. The zero-order valence-electron chi connectivity index (χ0n) is 11.4. The van der Waals surface area contributed by atoms with Crippen molar-refractivity contribution in [3.63, 3.8) is 0 Å². The van der Waals surface area contributed by atoms with Crippen LogP contribution in [0.2, 0.25) is 0 Å². The van der Waals surface area contributed by atoms with Gasteiger partial charge in [0.25, 0.3) is 5.69 Å². The molecule has 0 fully saturated rings. The highest BCUT2D eigenvalue weighted by Gasteiger charge is 2.22. The molecular weight excluding hydrogens is 280 g/mol. The van der Waals surface area contributed by atoms with E-state index in [1.54, 1.807) is 6.07 Å². The Morgan fingerprint density at radius 2 is 2.19 bits per heavy atom. The number of aromatic nitrogens is 1. The third-order valence-electron chi connectivity index (χ3n) is 2.65. The number of oxazole rings is 1. The first-order valence-electron chi connectivity index (χ1n) is 5.88. The Balaban J connectivity index is 2.47. The summed E-state index contributed by atoms with van der Waals surface area (Å²) in [6.45, 7) is 0.0584. The van der Waals surface area contributed by atoms with Crippen LogP contribution in [0.1, 0.15) is 16.2 Å². The Morgan fingerprint density at radius 1 is 1.43 bits per heavy atom. The van der Waals surface area contributed by atoms with E-state index in [1.165, 1.54) is 32.4 Å². The molecule has 0 aliphatic rings. The summed E-state index contributed by atoms with van der Waals surface area (Å²) >= 11 is 0. The minimum Gasteiger partial charge on any atom is -0.463 e. The van der Waals surface area contributed by atoms with Crippen LogP contribution in [-0.4, -0.2) is 30.1 Å². The highest BCUT2D eigenvalue weighted by molar-refractivity contribution is 5.87. The maximum absolute atomic E-state index is 11.6. The minimum absolute atomic E-state index is 0.0584. The predicted octanol–water partition coefficient (Wildman–Crippen LogP) is 2.18. The summed E-state index contributed by atoms with van der Waals surface area (Å²) in [4.78, 5) is 26.0. The number of hydrogen-bond donors (Lipinski definition) is 0. The third kappa shape index (κ3) is 3.06. The molecule has 110 valence electrons. The molecule has 0 amide bonds. The van der Waals surface area contributed by atoms with Crippen LogP contribution < -0.4 is 0 Å². The van der Waals surface area contributed by atoms with Crippen molar-refractivity contribution in [1.82, 2.24) is 4.98 Å². The van der Waals surface area contributed by atoms with E-state index in [9.17, 15) is 14.9 Å². The number of hydrogen-bond acceptors (Lipinski definition) is 7. The predicted molar refractivity (Wildman–Crippen MR) is 70.6 cm³/mol. The van der Waals surface area contributed by atoms with Gasteiger partial charge in [-0.25, -0.2) is 9.78 Å². The molecule has 0 aliphatic heterocycles. The second-order valence-corrected chi connectivity index (χ2v) is 4.03. The molecule has 0 spiro atoms. The molecule has 1 heterocycles. The second-order valence-electron chi connectivity index (χ2n) is 4.03. The zero-order chi connectivity index (χ0) is 15.4. The van der Waals surface area contributed by atoms with Gasteiger partial charge in [-0.2, -0.15) is 0 Å². The lowest BCUT2D eigenvalue weighted by Crippen LogP contribution is -2.04. The third-order valence-corrected chi connectivity index (χ3v) is 2.65. The van der Waals surface area contributed by atoms with E-state index in [4.69, 9.17) is 9.15 Å². The van der Waals surface area contributed by atoms with E-state index in [0.29, 0.717) is 5.56 Å². The van der Waals surface area contributed by atoms with Gasteiger partial charge in [0.15, 0.2) is 0 Å². The van der Waals surface area contributed by atoms with Gasteiger partial charge < -0.3 is 13.9 Å². The molecule has 0 N–H and O–H groups in total. The number of esters is 1. The molecule has 0 radical (unpaired) electrons. The number of nitro benzene ring substituents is 1. The van der Waals surface area contributed by atoms with Gasteiger partial charge in [0.1, 0.15) is 5.69 Å². The van der Waals surface area contributed by atoms with Crippen LogP contribution >= 0.6 is 0 Å². The monoisotopic (exact) mass is 292 g/mol. The number of carbonyl (C=O) groups is 1. The highest BCUT2D eigenvalue weighted by atomic mass is 16.6. The van der Waals surface area contributed by atoms with Crippen LogP contribution in [0.3, 0.4) is 0 Å². The fourth-order valence-corrected chi connectivity index (χ4v) is 1.71. The largest absolute Gasteiger partial charge is 0.463 e. The van der Waals surface area contributed by atoms with Crippen molar-refractivity contribution < 1.29 is 23.6 Å². The van der Waals surface area contributed by atoms with E-state index in [-0.39, 0.29) is 29.6 Å². The SMILES string of the molecule is COCc1nc(-c2cccc([N+](=O)[O-])c2)oc1C(=O)OC. The molecule has 0 atom stereocenters. The van der Waals surface area contributed by atoms with Gasteiger partial charge in [0.2, 0.25) is 11.7 Å². The van der Waals surface area contributed by atoms with Gasteiger partial charge in [-0.05, 0) is 6.07 Å². The van der Waals surface area contributed by atoms with Crippen LogP contribution in [-0.2, 0) is 16.1 Å². The summed E-state index contributed by atoms with van der Waals surface area (Å²) in [7, 11) is 2.66. The summed E-state index contributed by atoms with van der Waals surface area (Å²) in [6.07, 6.45) is 0. The average Bonchev–Trinajstić information content (AvgIpc) is 2.91. The van der Waals surface area contributed by atoms with E-state index < -0.39 is 10.9 Å². The highest BCUT2D eigenvalue weighted by Crippen LogP contribution is 2.26. The molecule has 0 saturated heterocycles. The molecule has 2 aromatic rings. The van der Waals surface area contributed by atoms with Crippen molar-refractivity contribution in [3.05, 3.63) is 45.8 Å². The number of nitrogens with zero attached hydrogens (tertiary/aromatic N) is 2. The number of non-ortho nitro benzene ring substituents is 1. The molecule has 1 aromatic heterocycles. The molecule has 0 bridgehead atoms. The van der Waals surface area contributed by atoms with Gasteiger partial charge in [0.05, 0.1) is 18.6 Å². The number of ether oxygens (including phenoxy) is 2. The number of carbonyl (C=O) groups excluding carboxylic acids is 1. The van der Waals surface area contributed by atoms with Gasteiger partial charge in [-0.1, -0.05) is 6.07 Å². The minimum atomic E-state index is -0.689. The first-order chi connectivity index (χ1) is 10.1. The molecular formula is C13H12N2O6. The molecule has 2 rings (SSSR count). The number of rotatable bonds is 5. The summed E-state index contributed by atoms with van der Waals surface area (Å²) < 4.78 is 14.9. The summed E-state index contributed by atoms with van der Waals surface area (Å²) in [6, 6.07) is 5.76. The maximum Gasteiger partial charge on any atom is 0.376 e. The van der Waals surface area contributed by atoms with Gasteiger partial charge >= 0.3 is 5.97 Å². The van der Waals surface area contributed by atoms with Gasteiger partial charge in [-0.3, -0.25) is 10.1 Å². The van der Waals surface area contributed by atoms with E-state index >= 15 is 0 Å². The number of nitro groups is 1. The van der Waals surface area contributed by atoms with E-state index in [1.807, 2.05) is 0 Å². The van der Waals surface area contributed by atoms with Crippen LogP contribution in [0.25, 0.3) is 11.5 Å². The fourth-order valence-electron chi connectivity index (χ4n) is 1.71. The first kappa shape index (κ1) is 14.7. The standard InChI is InChI=1S/C13H12N2O6/c1-19-7-10-11(13(16)20-2)21-12(14-10)8-4-3-5-9(6-8)15(17)18/h3-6H,7H2,1-2H3. The van der Waals surface area contributed by atoms with Crippen LogP contribution in [0, 0.1) is 10.1 Å².